The van der Waals surface area contributed by atoms with E-state index in [0.29, 0.717) is 25.1 Å². The van der Waals surface area contributed by atoms with Crippen LogP contribution in [0.3, 0.4) is 0 Å². The summed E-state index contributed by atoms with van der Waals surface area (Å²) in [6.45, 7) is 6.69. The van der Waals surface area contributed by atoms with Crippen molar-refractivity contribution in [3.05, 3.63) is 81.1 Å². The van der Waals surface area contributed by atoms with Crippen LogP contribution in [-0.4, -0.2) is 15.8 Å². The third-order valence-corrected chi connectivity index (χ3v) is 4.86. The minimum Gasteiger partial charge on any atom is -0.334 e. The quantitative estimate of drug-likeness (QED) is 0.755. The molecule has 0 saturated heterocycles. The molecule has 0 atom stereocenters. The van der Waals surface area contributed by atoms with Crippen LogP contribution in [-0.2, 0) is 17.9 Å². The third-order valence-electron chi connectivity index (χ3n) is 4.86. The molecule has 0 unspecified atom stereocenters. The first-order chi connectivity index (χ1) is 12.5. The summed E-state index contributed by atoms with van der Waals surface area (Å²) in [6.07, 6.45) is 0.413. The molecule has 3 rings (SSSR count). The molecule has 0 aliphatic carbocycles. The number of pyridine rings is 1. The van der Waals surface area contributed by atoms with Gasteiger partial charge < -0.3 is 9.88 Å². The number of aromatic nitrogens is 1. The van der Waals surface area contributed by atoms with Gasteiger partial charge in [-0.25, -0.2) is 0 Å². The summed E-state index contributed by atoms with van der Waals surface area (Å²) in [7, 11) is 0. The van der Waals surface area contributed by atoms with Gasteiger partial charge in [-0.05, 0) is 42.0 Å². The van der Waals surface area contributed by atoms with Crippen molar-refractivity contribution in [1.29, 1.82) is 0 Å². The van der Waals surface area contributed by atoms with Crippen molar-refractivity contribution in [3.8, 4) is 0 Å². The average Bonchev–Trinajstić information content (AvgIpc) is 2.65. The number of aromatic amines is 1. The smallest absolute Gasteiger partial charge is 0.253 e. The maximum atomic E-state index is 12.6. The zero-order valence-electron chi connectivity index (χ0n) is 15.5. The molecule has 4 heteroatoms. The fraction of sp³-hybridized carbons (Fsp3) is 0.273. The summed E-state index contributed by atoms with van der Waals surface area (Å²) in [6, 6.07) is 15.8. The second kappa shape index (κ2) is 7.56. The number of aryl methyl sites for hydroxylation is 2. The maximum Gasteiger partial charge on any atom is 0.253 e. The number of fused-ring (bicyclic) bond motifs is 1. The lowest BCUT2D eigenvalue weighted by molar-refractivity contribution is -0.132. The molecule has 1 aromatic heterocycles. The van der Waals surface area contributed by atoms with E-state index < -0.39 is 0 Å². The molecular formula is C22H24N2O2. The van der Waals surface area contributed by atoms with Crippen LogP contribution in [0, 0.1) is 13.8 Å². The van der Waals surface area contributed by atoms with E-state index in [2.05, 4.69) is 11.1 Å². The average molecular weight is 348 g/mol. The Morgan fingerprint density at radius 1 is 1.04 bits per heavy atom. The van der Waals surface area contributed by atoms with E-state index >= 15 is 0 Å². The monoisotopic (exact) mass is 348 g/mol. The molecule has 0 aliphatic heterocycles. The Hall–Kier alpha value is -2.88. The lowest BCUT2D eigenvalue weighted by atomic mass is 10.0. The highest BCUT2D eigenvalue weighted by Crippen LogP contribution is 2.20. The van der Waals surface area contributed by atoms with Gasteiger partial charge in [0.25, 0.3) is 5.56 Å². The summed E-state index contributed by atoms with van der Waals surface area (Å²) in [5, 5.41) is 0.992. The van der Waals surface area contributed by atoms with Gasteiger partial charge in [0.05, 0.1) is 12.1 Å². The summed E-state index contributed by atoms with van der Waals surface area (Å²) >= 11 is 0. The van der Waals surface area contributed by atoms with E-state index in [1.807, 2.05) is 63.2 Å². The highest BCUT2D eigenvalue weighted by molar-refractivity contribution is 5.83. The van der Waals surface area contributed by atoms with E-state index in [9.17, 15) is 9.59 Å². The largest absolute Gasteiger partial charge is 0.334 e. The van der Waals surface area contributed by atoms with Gasteiger partial charge >= 0.3 is 0 Å². The number of nitrogens with zero attached hydrogens (tertiary/aromatic N) is 1. The number of benzene rings is 2. The van der Waals surface area contributed by atoms with Crippen molar-refractivity contribution in [2.45, 2.75) is 40.3 Å². The molecule has 26 heavy (non-hydrogen) atoms. The molecule has 1 N–H and O–H groups in total. The molecule has 0 fully saturated rings. The first-order valence-electron chi connectivity index (χ1n) is 8.93. The van der Waals surface area contributed by atoms with Crippen molar-refractivity contribution in [2.24, 2.45) is 0 Å². The second-order valence-corrected chi connectivity index (χ2v) is 6.68. The number of H-pyrrole nitrogens is 1. The van der Waals surface area contributed by atoms with Crippen molar-refractivity contribution in [1.82, 2.24) is 9.88 Å². The Morgan fingerprint density at radius 2 is 1.77 bits per heavy atom. The van der Waals surface area contributed by atoms with Crippen LogP contribution in [0.4, 0.5) is 0 Å². The highest BCUT2D eigenvalue weighted by Gasteiger charge is 2.15. The van der Waals surface area contributed by atoms with Crippen molar-refractivity contribution in [3.63, 3.8) is 0 Å². The topological polar surface area (TPSA) is 53.2 Å². The van der Waals surface area contributed by atoms with E-state index in [1.54, 1.807) is 4.90 Å². The molecule has 0 radical (unpaired) electrons. The first kappa shape index (κ1) is 17.9. The van der Waals surface area contributed by atoms with Crippen molar-refractivity contribution < 1.29 is 4.79 Å². The number of carbonyl (C=O) groups excluding carboxylic acids is 1. The Bertz CT molecular complexity index is 990. The molecule has 0 aliphatic rings. The van der Waals surface area contributed by atoms with Gasteiger partial charge in [0.15, 0.2) is 0 Å². The fourth-order valence-corrected chi connectivity index (χ4v) is 3.15. The first-order valence-corrected chi connectivity index (χ1v) is 8.93. The third kappa shape index (κ3) is 3.69. The fourth-order valence-electron chi connectivity index (χ4n) is 3.15. The normalized spacial score (nSPS) is 10.9. The predicted octanol–water partition coefficient (Wildman–Crippen LogP) is 4.08. The van der Waals surface area contributed by atoms with Crippen LogP contribution in [0.15, 0.2) is 53.3 Å². The van der Waals surface area contributed by atoms with E-state index in [1.165, 1.54) is 0 Å². The van der Waals surface area contributed by atoms with Crippen LogP contribution in [0.5, 0.6) is 0 Å². The van der Waals surface area contributed by atoms with E-state index in [4.69, 9.17) is 0 Å². The molecule has 1 heterocycles. The molecule has 4 nitrogen and oxygen atoms in total. The lowest BCUT2D eigenvalue weighted by Crippen LogP contribution is -2.32. The molecule has 0 spiro atoms. The van der Waals surface area contributed by atoms with Crippen LogP contribution in [0.25, 0.3) is 10.9 Å². The molecule has 3 aromatic rings. The Labute approximate surface area is 153 Å². The Morgan fingerprint density at radius 3 is 2.46 bits per heavy atom. The molecule has 1 amide bonds. The van der Waals surface area contributed by atoms with Crippen LogP contribution >= 0.6 is 0 Å². The van der Waals surface area contributed by atoms with Gasteiger partial charge in [0.2, 0.25) is 5.91 Å². The standard InChI is InChI=1S/C22H24N2O2/c1-4-20(25)24(13-17-8-6-5-7-9-17)14-19-12-18-11-10-15(2)16(3)21(18)23-22(19)26/h5-12H,4,13-14H2,1-3H3,(H,23,26). The van der Waals surface area contributed by atoms with Gasteiger partial charge in [-0.15, -0.1) is 0 Å². The zero-order chi connectivity index (χ0) is 18.7. The number of amides is 1. The summed E-state index contributed by atoms with van der Waals surface area (Å²) in [5.41, 5.74) is 4.63. The maximum absolute atomic E-state index is 12.6. The number of hydrogen-bond acceptors (Lipinski definition) is 2. The number of hydrogen-bond donors (Lipinski definition) is 1. The highest BCUT2D eigenvalue weighted by atomic mass is 16.2. The molecule has 0 bridgehead atoms. The molecule has 0 saturated carbocycles. The molecular weight excluding hydrogens is 324 g/mol. The minimum atomic E-state index is -0.131. The van der Waals surface area contributed by atoms with Gasteiger partial charge in [-0.1, -0.05) is 49.4 Å². The van der Waals surface area contributed by atoms with Crippen molar-refractivity contribution >= 4 is 16.8 Å². The second-order valence-electron chi connectivity index (χ2n) is 6.68. The van der Waals surface area contributed by atoms with Crippen LogP contribution in [0.1, 0.15) is 35.6 Å². The number of rotatable bonds is 5. The van der Waals surface area contributed by atoms with Gasteiger partial charge in [-0.3, -0.25) is 9.59 Å². The van der Waals surface area contributed by atoms with Gasteiger partial charge in [-0.2, -0.15) is 0 Å². The minimum absolute atomic E-state index is 0.0356. The SMILES string of the molecule is CCC(=O)N(Cc1ccccc1)Cc1cc2ccc(C)c(C)c2[nH]c1=O. The Kier molecular flexibility index (Phi) is 5.21. The summed E-state index contributed by atoms with van der Waals surface area (Å²) < 4.78 is 0. The van der Waals surface area contributed by atoms with Crippen LogP contribution < -0.4 is 5.56 Å². The zero-order valence-corrected chi connectivity index (χ0v) is 15.5. The summed E-state index contributed by atoms with van der Waals surface area (Å²) in [5.74, 6) is 0.0356. The lowest BCUT2D eigenvalue weighted by Gasteiger charge is -2.22. The molecule has 134 valence electrons. The summed E-state index contributed by atoms with van der Waals surface area (Å²) in [4.78, 5) is 29.8. The van der Waals surface area contributed by atoms with E-state index in [0.717, 1.165) is 27.6 Å². The van der Waals surface area contributed by atoms with Crippen molar-refractivity contribution in [2.75, 3.05) is 0 Å². The van der Waals surface area contributed by atoms with Gasteiger partial charge in [0, 0.05) is 18.5 Å². The Balaban J connectivity index is 1.96. The number of nitrogens with one attached hydrogen (secondary N) is 1. The number of carbonyl (C=O) groups is 1. The molecule has 2 aromatic carbocycles. The van der Waals surface area contributed by atoms with Gasteiger partial charge in [0.1, 0.15) is 0 Å². The van der Waals surface area contributed by atoms with E-state index in [-0.39, 0.29) is 11.5 Å². The van der Waals surface area contributed by atoms with Crippen LogP contribution in [0.2, 0.25) is 0 Å². The predicted molar refractivity (Wildman–Crippen MR) is 105 cm³/mol.